The fraction of sp³-hybridized carbons (Fsp3) is 0.0769. The van der Waals surface area contributed by atoms with E-state index in [1.54, 1.807) is 12.4 Å². The molecule has 0 fully saturated rings. The van der Waals surface area contributed by atoms with Crippen molar-refractivity contribution in [3.63, 3.8) is 0 Å². The Hall–Kier alpha value is -4.32. The van der Waals surface area contributed by atoms with Gasteiger partial charge in [0.2, 0.25) is 0 Å². The normalized spacial score (nSPS) is 18.8. The molecule has 6 heteroatoms. The van der Waals surface area contributed by atoms with E-state index < -0.39 is 0 Å². The molecule has 2 aliphatic heterocycles. The van der Waals surface area contributed by atoms with Gasteiger partial charge in [0, 0.05) is 48.2 Å². The number of aliphatic imine (C=N–C) groups is 1. The van der Waals surface area contributed by atoms with E-state index >= 15 is 0 Å². The minimum atomic E-state index is 0.0943. The van der Waals surface area contributed by atoms with Gasteiger partial charge in [0.05, 0.1) is 22.8 Å². The van der Waals surface area contributed by atoms with Crippen LogP contribution in [0.4, 0.5) is 5.69 Å². The smallest absolute Gasteiger partial charge is 0.134 e. The summed E-state index contributed by atoms with van der Waals surface area (Å²) >= 11 is 0. The highest BCUT2D eigenvalue weighted by atomic mass is 15.3. The van der Waals surface area contributed by atoms with Crippen LogP contribution in [0.25, 0.3) is 28.3 Å². The number of benzene rings is 1. The molecule has 3 aromatic heterocycles. The number of hydrogen-bond donors (Lipinski definition) is 0. The van der Waals surface area contributed by atoms with Crippen LogP contribution in [-0.4, -0.2) is 32.1 Å². The Bertz CT molecular complexity index is 1320. The first-order valence-corrected chi connectivity index (χ1v) is 10.6. The summed E-state index contributed by atoms with van der Waals surface area (Å²) in [6, 6.07) is 20.3. The number of hydrogen-bond acceptors (Lipinski definition) is 5. The predicted octanol–water partition coefficient (Wildman–Crippen LogP) is 4.91. The Morgan fingerprint density at radius 2 is 1.72 bits per heavy atom. The highest BCUT2D eigenvalue weighted by molar-refractivity contribution is 5.74. The first-order chi connectivity index (χ1) is 15.9. The number of aromatic nitrogens is 4. The van der Waals surface area contributed by atoms with Crippen LogP contribution in [0, 0.1) is 5.92 Å². The lowest BCUT2D eigenvalue weighted by Crippen LogP contribution is -2.30. The van der Waals surface area contributed by atoms with Crippen molar-refractivity contribution in [2.75, 3.05) is 4.90 Å². The Kier molecular flexibility index (Phi) is 4.46. The van der Waals surface area contributed by atoms with E-state index in [-0.39, 0.29) is 6.17 Å². The predicted molar refractivity (Wildman–Crippen MR) is 127 cm³/mol. The van der Waals surface area contributed by atoms with Crippen molar-refractivity contribution in [2.24, 2.45) is 10.9 Å². The number of anilines is 1. The molecule has 0 saturated carbocycles. The van der Waals surface area contributed by atoms with Crippen LogP contribution in [0.5, 0.6) is 0 Å². The van der Waals surface area contributed by atoms with E-state index in [4.69, 9.17) is 5.10 Å². The largest absolute Gasteiger partial charge is 0.325 e. The lowest BCUT2D eigenvalue weighted by Gasteiger charge is -2.26. The van der Waals surface area contributed by atoms with E-state index in [9.17, 15) is 0 Å². The molecule has 2 atom stereocenters. The second kappa shape index (κ2) is 7.74. The zero-order chi connectivity index (χ0) is 21.3. The van der Waals surface area contributed by atoms with Crippen molar-refractivity contribution < 1.29 is 0 Å². The first kappa shape index (κ1) is 18.4. The van der Waals surface area contributed by atoms with Crippen LogP contribution in [0.15, 0.2) is 109 Å². The SMILES string of the molecule is C1=CC2C=CN(c3ccc(-n4nc(-c5cccnc5)cc4-c4ccccn4)cc3)C2N=C1. The number of rotatable bonds is 4. The molecular weight excluding hydrogens is 396 g/mol. The summed E-state index contributed by atoms with van der Waals surface area (Å²) in [5, 5.41) is 4.90. The Labute approximate surface area is 185 Å². The van der Waals surface area contributed by atoms with Gasteiger partial charge < -0.3 is 4.90 Å². The number of nitrogens with zero attached hydrogens (tertiary/aromatic N) is 6. The van der Waals surface area contributed by atoms with Crippen molar-refractivity contribution >= 4 is 11.9 Å². The molecular formula is C26H20N6. The van der Waals surface area contributed by atoms with E-state index in [1.165, 1.54) is 0 Å². The van der Waals surface area contributed by atoms with E-state index in [2.05, 4.69) is 68.5 Å². The van der Waals surface area contributed by atoms with Crippen LogP contribution in [-0.2, 0) is 0 Å². The molecule has 0 N–H and O–H groups in total. The fourth-order valence-electron chi connectivity index (χ4n) is 4.15. The minimum absolute atomic E-state index is 0.0943. The van der Waals surface area contributed by atoms with Crippen molar-refractivity contribution in [1.82, 2.24) is 19.7 Å². The van der Waals surface area contributed by atoms with Crippen LogP contribution < -0.4 is 4.90 Å². The molecule has 0 radical (unpaired) electrons. The van der Waals surface area contributed by atoms with Crippen molar-refractivity contribution in [2.45, 2.75) is 6.17 Å². The summed E-state index contributed by atoms with van der Waals surface area (Å²) in [7, 11) is 0. The monoisotopic (exact) mass is 416 g/mol. The molecule has 154 valence electrons. The maximum Gasteiger partial charge on any atom is 0.134 e. The number of dihydropyridines is 1. The van der Waals surface area contributed by atoms with Gasteiger partial charge in [-0.1, -0.05) is 18.2 Å². The number of allylic oxidation sites excluding steroid dienone is 1. The highest BCUT2D eigenvalue weighted by Crippen LogP contribution is 2.32. The third-order valence-electron chi connectivity index (χ3n) is 5.74. The summed E-state index contributed by atoms with van der Waals surface area (Å²) in [5.74, 6) is 0.323. The van der Waals surface area contributed by atoms with Gasteiger partial charge in [-0.05, 0) is 60.7 Å². The maximum absolute atomic E-state index is 4.90. The summed E-state index contributed by atoms with van der Waals surface area (Å²) in [6.45, 7) is 0. The molecule has 6 rings (SSSR count). The average Bonchev–Trinajstić information content (AvgIpc) is 3.51. The van der Waals surface area contributed by atoms with Crippen LogP contribution in [0.1, 0.15) is 0 Å². The minimum Gasteiger partial charge on any atom is -0.325 e. The van der Waals surface area contributed by atoms with Gasteiger partial charge in [0.15, 0.2) is 0 Å². The van der Waals surface area contributed by atoms with Crippen LogP contribution in [0.2, 0.25) is 0 Å². The molecule has 0 amide bonds. The van der Waals surface area contributed by atoms with Gasteiger partial charge in [-0.2, -0.15) is 5.10 Å². The second-order valence-corrected chi connectivity index (χ2v) is 7.72. The summed E-state index contributed by atoms with van der Waals surface area (Å²) in [4.78, 5) is 15.6. The van der Waals surface area contributed by atoms with Gasteiger partial charge in [0.1, 0.15) is 6.17 Å². The molecule has 32 heavy (non-hydrogen) atoms. The molecule has 0 bridgehead atoms. The van der Waals surface area contributed by atoms with E-state index in [0.717, 1.165) is 34.0 Å². The average molecular weight is 416 g/mol. The lowest BCUT2D eigenvalue weighted by molar-refractivity contribution is 0.622. The molecule has 2 aliphatic rings. The molecule has 0 saturated heterocycles. The summed E-state index contributed by atoms with van der Waals surface area (Å²) in [6.07, 6.45) is 15.9. The van der Waals surface area contributed by atoms with Crippen LogP contribution >= 0.6 is 0 Å². The topological polar surface area (TPSA) is 59.2 Å². The van der Waals surface area contributed by atoms with Gasteiger partial charge in [-0.15, -0.1) is 0 Å². The lowest BCUT2D eigenvalue weighted by atomic mass is 10.1. The summed E-state index contributed by atoms with van der Waals surface area (Å²) < 4.78 is 1.94. The molecule has 6 nitrogen and oxygen atoms in total. The quantitative estimate of drug-likeness (QED) is 0.474. The van der Waals surface area contributed by atoms with Gasteiger partial charge >= 0.3 is 0 Å². The van der Waals surface area contributed by atoms with E-state index in [0.29, 0.717) is 5.92 Å². The van der Waals surface area contributed by atoms with Crippen molar-refractivity contribution in [1.29, 1.82) is 0 Å². The van der Waals surface area contributed by atoms with Gasteiger partial charge in [-0.3, -0.25) is 15.0 Å². The molecule has 1 aromatic carbocycles. The van der Waals surface area contributed by atoms with Crippen molar-refractivity contribution in [3.8, 4) is 28.3 Å². The molecule has 2 unspecified atom stereocenters. The zero-order valence-electron chi connectivity index (χ0n) is 17.2. The number of fused-ring (bicyclic) bond motifs is 1. The molecule has 4 aromatic rings. The fourth-order valence-corrected chi connectivity index (χ4v) is 4.15. The van der Waals surface area contributed by atoms with E-state index in [1.807, 2.05) is 53.5 Å². The van der Waals surface area contributed by atoms with Gasteiger partial charge in [0.25, 0.3) is 0 Å². The first-order valence-electron chi connectivity index (χ1n) is 10.6. The molecule has 0 aliphatic carbocycles. The molecule has 0 spiro atoms. The maximum atomic E-state index is 4.90. The zero-order valence-corrected chi connectivity index (χ0v) is 17.2. The Morgan fingerprint density at radius 3 is 2.53 bits per heavy atom. The highest BCUT2D eigenvalue weighted by Gasteiger charge is 2.28. The van der Waals surface area contributed by atoms with Gasteiger partial charge in [-0.25, -0.2) is 4.68 Å². The number of pyridine rings is 2. The third kappa shape index (κ3) is 3.22. The summed E-state index contributed by atoms with van der Waals surface area (Å²) in [5.41, 5.74) is 5.70. The Morgan fingerprint density at radius 1 is 0.812 bits per heavy atom. The Balaban J connectivity index is 1.39. The van der Waals surface area contributed by atoms with Crippen LogP contribution in [0.3, 0.4) is 0 Å². The second-order valence-electron chi connectivity index (χ2n) is 7.72. The third-order valence-corrected chi connectivity index (χ3v) is 5.74. The van der Waals surface area contributed by atoms with Crippen molar-refractivity contribution in [3.05, 3.63) is 104 Å². The molecule has 5 heterocycles. The standard InChI is InChI=1S/C26H20N6/c1-2-14-28-23(7-1)25-17-24(20-6-3-13-27-18-20)30-32(25)22-10-8-21(9-11-22)31-16-12-19-5-4-15-29-26(19)31/h1-19,26H.